The third-order valence-electron chi connectivity index (χ3n) is 6.37. The Morgan fingerprint density at radius 1 is 1.08 bits per heavy atom. The number of aromatic nitrogens is 2. The van der Waals surface area contributed by atoms with Gasteiger partial charge in [0.05, 0.1) is 10.2 Å². The van der Waals surface area contributed by atoms with Gasteiger partial charge in [-0.3, -0.25) is 9.59 Å². The zero-order valence-electron chi connectivity index (χ0n) is 20.6. The lowest BCUT2D eigenvalue weighted by molar-refractivity contribution is -0.124. The third kappa shape index (κ3) is 5.23. The zero-order valence-corrected chi connectivity index (χ0v) is 21.4. The van der Waals surface area contributed by atoms with Crippen LogP contribution in [0.1, 0.15) is 38.3 Å². The van der Waals surface area contributed by atoms with Crippen LogP contribution < -0.4 is 15.4 Å². The Kier molecular flexibility index (Phi) is 6.45. The van der Waals surface area contributed by atoms with Crippen LogP contribution in [0.25, 0.3) is 21.6 Å². The van der Waals surface area contributed by atoms with Gasteiger partial charge in [0.25, 0.3) is 5.91 Å². The standard InChI is InChI=1S/C28H28N4O3S/c1-4-28(2,3)32-24(34)16-35-22-7-5-6-18(15-22)26-30-23-10-11-36-25(23)27(31-26)29-20-9-8-17-13-21(33)14-19(17)12-20/h5-12,15H,4,13-14,16H2,1-3H3,(H,32,34)(H,29,30,31). The summed E-state index contributed by atoms with van der Waals surface area (Å²) in [5, 5.41) is 8.40. The Labute approximate surface area is 213 Å². The van der Waals surface area contributed by atoms with E-state index < -0.39 is 0 Å². The van der Waals surface area contributed by atoms with E-state index in [1.54, 1.807) is 11.3 Å². The number of nitrogens with zero attached hydrogens (tertiary/aromatic N) is 2. The highest BCUT2D eigenvalue weighted by molar-refractivity contribution is 7.17. The van der Waals surface area contributed by atoms with Crippen molar-refractivity contribution in [2.75, 3.05) is 11.9 Å². The highest BCUT2D eigenvalue weighted by atomic mass is 32.1. The maximum absolute atomic E-state index is 12.3. The first-order chi connectivity index (χ1) is 17.3. The summed E-state index contributed by atoms with van der Waals surface area (Å²) in [6.07, 6.45) is 1.82. The number of hydrogen-bond acceptors (Lipinski definition) is 7. The van der Waals surface area contributed by atoms with Crippen molar-refractivity contribution >= 4 is 44.7 Å². The molecule has 0 saturated carbocycles. The van der Waals surface area contributed by atoms with Crippen LogP contribution in [0.4, 0.5) is 11.5 Å². The first-order valence-electron chi connectivity index (χ1n) is 12.0. The molecule has 0 spiro atoms. The van der Waals surface area contributed by atoms with Crippen molar-refractivity contribution in [2.45, 2.75) is 45.6 Å². The smallest absolute Gasteiger partial charge is 0.258 e. The number of carbonyl (C=O) groups is 2. The average Bonchev–Trinajstić information content (AvgIpc) is 3.48. The summed E-state index contributed by atoms with van der Waals surface area (Å²) in [6.45, 7) is 5.93. The average molecular weight is 501 g/mol. The van der Waals surface area contributed by atoms with E-state index in [0.29, 0.717) is 30.2 Å². The van der Waals surface area contributed by atoms with E-state index in [1.165, 1.54) is 0 Å². The maximum atomic E-state index is 12.3. The second-order valence-corrected chi connectivity index (χ2v) is 10.5. The summed E-state index contributed by atoms with van der Waals surface area (Å²) < 4.78 is 6.72. The zero-order chi connectivity index (χ0) is 25.3. The number of fused-ring (bicyclic) bond motifs is 2. The minimum absolute atomic E-state index is 0.0645. The molecule has 1 aliphatic carbocycles. The van der Waals surface area contributed by atoms with E-state index >= 15 is 0 Å². The normalized spacial score (nSPS) is 13.0. The number of thiophene rings is 1. The molecule has 36 heavy (non-hydrogen) atoms. The van der Waals surface area contributed by atoms with Crippen LogP contribution in [0.2, 0.25) is 0 Å². The quantitative estimate of drug-likeness (QED) is 0.334. The largest absolute Gasteiger partial charge is 0.484 e. The van der Waals surface area contributed by atoms with E-state index in [0.717, 1.165) is 39.0 Å². The summed E-state index contributed by atoms with van der Waals surface area (Å²) in [5.41, 5.74) is 4.41. The second-order valence-electron chi connectivity index (χ2n) is 9.63. The van der Waals surface area contributed by atoms with Gasteiger partial charge in [0.2, 0.25) is 0 Å². The predicted molar refractivity (Wildman–Crippen MR) is 143 cm³/mol. The second kappa shape index (κ2) is 9.70. The monoisotopic (exact) mass is 500 g/mol. The molecule has 7 nitrogen and oxygen atoms in total. The third-order valence-corrected chi connectivity index (χ3v) is 7.28. The van der Waals surface area contributed by atoms with Crippen LogP contribution in [0.15, 0.2) is 53.9 Å². The molecular weight excluding hydrogens is 472 g/mol. The van der Waals surface area contributed by atoms with Crippen LogP contribution in [-0.4, -0.2) is 33.8 Å². The topological polar surface area (TPSA) is 93.2 Å². The number of nitrogens with one attached hydrogen (secondary N) is 2. The number of rotatable bonds is 8. The van der Waals surface area contributed by atoms with E-state index in [1.807, 2.05) is 74.7 Å². The summed E-state index contributed by atoms with van der Waals surface area (Å²) in [4.78, 5) is 33.7. The molecule has 0 atom stereocenters. The number of Topliss-reactive ketones (excluding diaryl/α,β-unsaturated/α-hetero) is 1. The van der Waals surface area contributed by atoms with Gasteiger partial charge in [-0.1, -0.05) is 25.1 Å². The van der Waals surface area contributed by atoms with Crippen LogP contribution >= 0.6 is 11.3 Å². The van der Waals surface area contributed by atoms with Gasteiger partial charge in [-0.25, -0.2) is 9.97 Å². The molecule has 8 heteroatoms. The molecule has 0 fully saturated rings. The van der Waals surface area contributed by atoms with E-state index in [-0.39, 0.29) is 23.8 Å². The van der Waals surface area contributed by atoms with E-state index in [2.05, 4.69) is 10.6 Å². The molecule has 2 heterocycles. The Morgan fingerprint density at radius 3 is 2.75 bits per heavy atom. The Balaban J connectivity index is 1.38. The van der Waals surface area contributed by atoms with Gasteiger partial charge in [-0.2, -0.15) is 0 Å². The molecular formula is C28H28N4O3S. The summed E-state index contributed by atoms with van der Waals surface area (Å²) in [5.74, 6) is 1.93. The molecule has 0 saturated heterocycles. The van der Waals surface area contributed by atoms with Gasteiger partial charge in [0, 0.05) is 29.6 Å². The van der Waals surface area contributed by atoms with Gasteiger partial charge in [0.15, 0.2) is 18.2 Å². The van der Waals surface area contributed by atoms with E-state index in [4.69, 9.17) is 14.7 Å². The van der Waals surface area contributed by atoms with Gasteiger partial charge in [-0.05, 0) is 67.1 Å². The highest BCUT2D eigenvalue weighted by Crippen LogP contribution is 2.33. The fraction of sp³-hybridized carbons (Fsp3) is 0.286. The Hall–Kier alpha value is -3.78. The lowest BCUT2D eigenvalue weighted by atomic mass is 10.0. The number of benzene rings is 2. The minimum Gasteiger partial charge on any atom is -0.484 e. The van der Waals surface area contributed by atoms with Crippen LogP contribution in [-0.2, 0) is 22.4 Å². The van der Waals surface area contributed by atoms with Crippen molar-refractivity contribution in [3.63, 3.8) is 0 Å². The van der Waals surface area contributed by atoms with Crippen molar-refractivity contribution in [3.05, 3.63) is 65.0 Å². The first-order valence-corrected chi connectivity index (χ1v) is 12.9. The first kappa shape index (κ1) is 23.9. The molecule has 2 aromatic carbocycles. The fourth-order valence-electron chi connectivity index (χ4n) is 4.12. The maximum Gasteiger partial charge on any atom is 0.258 e. The summed E-state index contributed by atoms with van der Waals surface area (Å²) in [7, 11) is 0. The van der Waals surface area contributed by atoms with E-state index in [9.17, 15) is 9.59 Å². The lowest BCUT2D eigenvalue weighted by Crippen LogP contribution is -2.44. The molecule has 5 rings (SSSR count). The van der Waals surface area contributed by atoms with Crippen LogP contribution in [0.5, 0.6) is 5.75 Å². The van der Waals surface area contributed by atoms with Gasteiger partial charge in [0.1, 0.15) is 11.5 Å². The molecule has 2 aromatic heterocycles. The number of amides is 1. The van der Waals surface area contributed by atoms with Crippen molar-refractivity contribution in [2.24, 2.45) is 0 Å². The van der Waals surface area contributed by atoms with Gasteiger partial charge < -0.3 is 15.4 Å². The Bertz CT molecular complexity index is 1460. The van der Waals surface area contributed by atoms with Crippen molar-refractivity contribution in [1.82, 2.24) is 15.3 Å². The molecule has 184 valence electrons. The highest BCUT2D eigenvalue weighted by Gasteiger charge is 2.20. The summed E-state index contributed by atoms with van der Waals surface area (Å²) >= 11 is 1.57. The number of carbonyl (C=O) groups excluding carboxylic acids is 2. The molecule has 0 radical (unpaired) electrons. The van der Waals surface area contributed by atoms with Crippen molar-refractivity contribution < 1.29 is 14.3 Å². The van der Waals surface area contributed by atoms with Crippen LogP contribution in [0, 0.1) is 0 Å². The minimum atomic E-state index is -0.274. The fourth-order valence-corrected chi connectivity index (χ4v) is 4.89. The number of ketones is 1. The molecule has 1 aliphatic rings. The molecule has 0 aliphatic heterocycles. The van der Waals surface area contributed by atoms with Crippen LogP contribution in [0.3, 0.4) is 0 Å². The van der Waals surface area contributed by atoms with Gasteiger partial charge >= 0.3 is 0 Å². The predicted octanol–water partition coefficient (Wildman–Crippen LogP) is 5.45. The number of hydrogen-bond donors (Lipinski definition) is 2. The molecule has 4 aromatic rings. The molecule has 0 unspecified atom stereocenters. The number of anilines is 2. The Morgan fingerprint density at radius 2 is 1.92 bits per heavy atom. The summed E-state index contributed by atoms with van der Waals surface area (Å²) in [6, 6.07) is 15.4. The van der Waals surface area contributed by atoms with Crippen molar-refractivity contribution in [1.29, 1.82) is 0 Å². The molecule has 1 amide bonds. The SMILES string of the molecule is CCC(C)(C)NC(=O)COc1cccc(-c2nc(Nc3ccc4c(c3)CC(=O)C4)c3sccc3n2)c1. The number of ether oxygens (including phenoxy) is 1. The van der Waals surface area contributed by atoms with Gasteiger partial charge in [-0.15, -0.1) is 11.3 Å². The van der Waals surface area contributed by atoms with Crippen molar-refractivity contribution in [3.8, 4) is 17.1 Å². The molecule has 2 N–H and O–H groups in total. The molecule has 0 bridgehead atoms. The lowest BCUT2D eigenvalue weighted by Gasteiger charge is -2.24.